The molecule has 0 aliphatic heterocycles. The lowest BCUT2D eigenvalue weighted by Gasteiger charge is -2.21. The molecule has 7 nitrogen and oxygen atoms in total. The molecule has 3 aliphatic rings. The van der Waals surface area contributed by atoms with Gasteiger partial charge >= 0.3 is 6.09 Å². The molecule has 3 saturated carbocycles. The van der Waals surface area contributed by atoms with E-state index in [1.807, 2.05) is 6.07 Å². The first-order valence-corrected chi connectivity index (χ1v) is 10.3. The van der Waals surface area contributed by atoms with Gasteiger partial charge in [0.1, 0.15) is 6.04 Å². The maximum absolute atomic E-state index is 12.4. The van der Waals surface area contributed by atoms with Crippen LogP contribution in [0.3, 0.4) is 0 Å². The maximum atomic E-state index is 12.4. The van der Waals surface area contributed by atoms with Crippen LogP contribution in [0.5, 0.6) is 11.8 Å². The number of hydrogen-bond donors (Lipinski definition) is 1. The predicted octanol–water partition coefficient (Wildman–Crippen LogP) is 3.09. The quantitative estimate of drug-likeness (QED) is 0.704. The molecular formula is C21H29N3O4. The SMILES string of the molecule is CN(C)C(=O)[C@H](CC1CC1)NC(=O)Oc1ccc(C2CC2)c(OCC2CC2)n1. The third kappa shape index (κ3) is 5.14. The van der Waals surface area contributed by atoms with Gasteiger partial charge in [-0.2, -0.15) is 4.98 Å². The first-order valence-electron chi connectivity index (χ1n) is 10.3. The smallest absolute Gasteiger partial charge is 0.414 e. The highest BCUT2D eigenvalue weighted by Gasteiger charge is 2.32. The van der Waals surface area contributed by atoms with E-state index >= 15 is 0 Å². The molecule has 0 saturated heterocycles. The minimum atomic E-state index is -0.652. The number of hydrogen-bond acceptors (Lipinski definition) is 5. The van der Waals surface area contributed by atoms with Crippen LogP contribution in [0.4, 0.5) is 4.79 Å². The van der Waals surface area contributed by atoms with Crippen molar-refractivity contribution in [3.8, 4) is 11.8 Å². The molecule has 1 aromatic heterocycles. The van der Waals surface area contributed by atoms with Gasteiger partial charge in [-0.1, -0.05) is 12.8 Å². The topological polar surface area (TPSA) is 80.8 Å². The van der Waals surface area contributed by atoms with E-state index in [4.69, 9.17) is 9.47 Å². The van der Waals surface area contributed by atoms with Gasteiger partial charge in [-0.15, -0.1) is 0 Å². The summed E-state index contributed by atoms with van der Waals surface area (Å²) in [6, 6.07) is 3.09. The molecule has 28 heavy (non-hydrogen) atoms. The van der Waals surface area contributed by atoms with Gasteiger partial charge in [0, 0.05) is 25.7 Å². The second-order valence-electron chi connectivity index (χ2n) is 8.57. The van der Waals surface area contributed by atoms with Gasteiger partial charge in [0.2, 0.25) is 17.7 Å². The number of carbonyl (C=O) groups excluding carboxylic acids is 2. The van der Waals surface area contributed by atoms with Crippen molar-refractivity contribution in [2.75, 3.05) is 20.7 Å². The fourth-order valence-corrected chi connectivity index (χ4v) is 3.28. The summed E-state index contributed by atoms with van der Waals surface area (Å²) in [4.78, 5) is 30.7. The summed E-state index contributed by atoms with van der Waals surface area (Å²) < 4.78 is 11.3. The molecule has 0 aromatic carbocycles. The molecule has 2 amide bonds. The number of carbonyl (C=O) groups is 2. The predicted molar refractivity (Wildman–Crippen MR) is 103 cm³/mol. The molecule has 1 aromatic rings. The molecule has 3 fully saturated rings. The molecule has 1 heterocycles. The maximum Gasteiger partial charge on any atom is 0.414 e. The van der Waals surface area contributed by atoms with Crippen LogP contribution in [0, 0.1) is 11.8 Å². The van der Waals surface area contributed by atoms with Crippen LogP contribution >= 0.6 is 0 Å². The van der Waals surface area contributed by atoms with E-state index in [1.54, 1.807) is 20.2 Å². The number of aromatic nitrogens is 1. The number of amides is 2. The zero-order chi connectivity index (χ0) is 19.7. The monoisotopic (exact) mass is 387 g/mol. The number of likely N-dealkylation sites (N-methyl/N-ethyl adjacent to an activating group) is 1. The number of rotatable bonds is 9. The Kier molecular flexibility index (Phi) is 5.42. The number of ether oxygens (including phenoxy) is 2. The van der Waals surface area contributed by atoms with E-state index < -0.39 is 12.1 Å². The van der Waals surface area contributed by atoms with Crippen LogP contribution in [0.25, 0.3) is 0 Å². The normalized spacial score (nSPS) is 19.6. The lowest BCUT2D eigenvalue weighted by atomic mass is 10.1. The Bertz CT molecular complexity index is 739. The lowest BCUT2D eigenvalue weighted by molar-refractivity contribution is -0.131. The molecule has 0 radical (unpaired) electrons. The van der Waals surface area contributed by atoms with Crippen molar-refractivity contribution in [2.24, 2.45) is 11.8 Å². The molecule has 7 heteroatoms. The van der Waals surface area contributed by atoms with Crippen LogP contribution in [-0.4, -0.2) is 48.6 Å². The third-order valence-corrected chi connectivity index (χ3v) is 5.53. The van der Waals surface area contributed by atoms with Gasteiger partial charge in [0.25, 0.3) is 0 Å². The highest BCUT2D eigenvalue weighted by molar-refractivity contribution is 5.85. The molecule has 152 valence electrons. The first kappa shape index (κ1) is 19.0. The van der Waals surface area contributed by atoms with Crippen LogP contribution in [0.2, 0.25) is 0 Å². The summed E-state index contributed by atoms with van der Waals surface area (Å²) >= 11 is 0. The van der Waals surface area contributed by atoms with Crippen molar-refractivity contribution >= 4 is 12.0 Å². The number of nitrogens with one attached hydrogen (secondary N) is 1. The fraction of sp³-hybridized carbons (Fsp3) is 0.667. The minimum Gasteiger partial charge on any atom is -0.477 e. The molecular weight excluding hydrogens is 358 g/mol. The zero-order valence-corrected chi connectivity index (χ0v) is 16.6. The second kappa shape index (κ2) is 7.97. The van der Waals surface area contributed by atoms with Gasteiger partial charge in [-0.3, -0.25) is 4.79 Å². The molecule has 4 rings (SSSR count). The minimum absolute atomic E-state index is 0.116. The molecule has 1 N–H and O–H groups in total. The van der Waals surface area contributed by atoms with E-state index in [-0.39, 0.29) is 11.8 Å². The summed E-state index contributed by atoms with van der Waals surface area (Å²) in [5, 5.41) is 2.71. The van der Waals surface area contributed by atoms with Crippen molar-refractivity contribution in [1.82, 2.24) is 15.2 Å². The third-order valence-electron chi connectivity index (χ3n) is 5.53. The van der Waals surface area contributed by atoms with E-state index in [0.29, 0.717) is 36.7 Å². The average molecular weight is 387 g/mol. The number of pyridine rings is 1. The Labute approximate surface area is 165 Å². The Morgan fingerprint density at radius 3 is 2.46 bits per heavy atom. The number of nitrogens with zero attached hydrogens (tertiary/aromatic N) is 2. The van der Waals surface area contributed by atoms with E-state index in [9.17, 15) is 9.59 Å². The fourth-order valence-electron chi connectivity index (χ4n) is 3.28. The summed E-state index contributed by atoms with van der Waals surface area (Å²) in [6.45, 7) is 0.670. The van der Waals surface area contributed by atoms with Gasteiger partial charge < -0.3 is 19.7 Å². The molecule has 0 spiro atoms. The molecule has 0 unspecified atom stereocenters. The van der Waals surface area contributed by atoms with Crippen LogP contribution in [0.1, 0.15) is 56.4 Å². The molecule has 0 bridgehead atoms. The van der Waals surface area contributed by atoms with E-state index in [2.05, 4.69) is 10.3 Å². The second-order valence-corrected chi connectivity index (χ2v) is 8.57. The van der Waals surface area contributed by atoms with Crippen LogP contribution < -0.4 is 14.8 Å². The Morgan fingerprint density at radius 2 is 1.86 bits per heavy atom. The van der Waals surface area contributed by atoms with E-state index in [1.165, 1.54) is 17.7 Å². The average Bonchev–Trinajstić information content (AvgIpc) is 3.52. The van der Waals surface area contributed by atoms with Crippen molar-refractivity contribution < 1.29 is 19.1 Å². The standard InChI is InChI=1S/C21H29N3O4/c1-24(2)20(25)17(11-13-3-4-13)22-21(26)28-18-10-9-16(15-7-8-15)19(23-18)27-12-14-5-6-14/h9-10,13-15,17H,3-8,11-12H2,1-2H3,(H,22,26)/t17-/m0/s1. The van der Waals surface area contributed by atoms with E-state index in [0.717, 1.165) is 31.2 Å². The van der Waals surface area contributed by atoms with Crippen molar-refractivity contribution in [3.63, 3.8) is 0 Å². The zero-order valence-electron chi connectivity index (χ0n) is 16.6. The van der Waals surface area contributed by atoms with Gasteiger partial charge in [-0.25, -0.2) is 4.79 Å². The van der Waals surface area contributed by atoms with Gasteiger partial charge in [0.05, 0.1) is 6.61 Å². The van der Waals surface area contributed by atoms with Gasteiger partial charge in [0.15, 0.2) is 0 Å². The van der Waals surface area contributed by atoms with Gasteiger partial charge in [-0.05, 0) is 55.9 Å². The lowest BCUT2D eigenvalue weighted by Crippen LogP contribution is -2.47. The summed E-state index contributed by atoms with van der Waals surface area (Å²) in [5.41, 5.74) is 1.10. The largest absolute Gasteiger partial charge is 0.477 e. The summed E-state index contributed by atoms with van der Waals surface area (Å²) in [7, 11) is 3.38. The molecule has 3 aliphatic carbocycles. The Morgan fingerprint density at radius 1 is 1.14 bits per heavy atom. The highest BCUT2D eigenvalue weighted by atomic mass is 16.6. The van der Waals surface area contributed by atoms with Crippen LogP contribution in [0.15, 0.2) is 12.1 Å². The Hall–Kier alpha value is -2.31. The summed E-state index contributed by atoms with van der Waals surface area (Å²) in [6.07, 6.45) is 6.94. The Balaban J connectivity index is 1.39. The first-order chi connectivity index (χ1) is 13.5. The van der Waals surface area contributed by atoms with Crippen molar-refractivity contribution in [1.29, 1.82) is 0 Å². The van der Waals surface area contributed by atoms with Crippen molar-refractivity contribution in [3.05, 3.63) is 17.7 Å². The highest BCUT2D eigenvalue weighted by Crippen LogP contribution is 2.44. The summed E-state index contributed by atoms with van der Waals surface area (Å²) in [5.74, 6) is 2.31. The van der Waals surface area contributed by atoms with Crippen molar-refractivity contribution in [2.45, 2.75) is 56.9 Å². The van der Waals surface area contributed by atoms with Crippen LogP contribution in [-0.2, 0) is 4.79 Å². The molecule has 1 atom stereocenters.